The Labute approximate surface area is 221 Å². The molecule has 0 bridgehead atoms. The summed E-state index contributed by atoms with van der Waals surface area (Å²) in [4.78, 5) is 61.0. The van der Waals surface area contributed by atoms with E-state index in [1.165, 1.54) is 0 Å². The largest absolute Gasteiger partial charge is 0.460 e. The predicted octanol–water partition coefficient (Wildman–Crippen LogP) is 1.21. The number of carbonyl (C=O) groups excluding carboxylic acids is 5. The van der Waals surface area contributed by atoms with E-state index < -0.39 is 54.5 Å². The third-order valence-corrected chi connectivity index (χ3v) is 4.82. The van der Waals surface area contributed by atoms with Crippen LogP contribution < -0.4 is 21.3 Å². The highest BCUT2D eigenvalue weighted by molar-refractivity contribution is 5.92. The molecule has 0 saturated carbocycles. The van der Waals surface area contributed by atoms with Gasteiger partial charge in [0.05, 0.1) is 6.54 Å². The van der Waals surface area contributed by atoms with E-state index in [2.05, 4.69) is 21.3 Å². The lowest BCUT2D eigenvalue weighted by molar-refractivity contribution is -0.145. The van der Waals surface area contributed by atoms with Crippen molar-refractivity contribution in [3.05, 3.63) is 71.8 Å². The van der Waals surface area contributed by atoms with E-state index in [-0.39, 0.29) is 19.6 Å². The minimum Gasteiger partial charge on any atom is -0.460 e. The molecule has 0 aromatic heterocycles. The van der Waals surface area contributed by atoms with E-state index in [0.717, 1.165) is 11.1 Å². The van der Waals surface area contributed by atoms with Crippen LogP contribution >= 0.6 is 0 Å². The molecule has 2 aromatic rings. The number of nitrogens with one attached hydrogen (secondary N) is 4. The normalized spacial score (nSPS) is 11.4. The third-order valence-electron chi connectivity index (χ3n) is 4.82. The third kappa shape index (κ3) is 12.5. The molecular weight excluding hydrogens is 492 g/mol. The van der Waals surface area contributed by atoms with E-state index in [9.17, 15) is 24.0 Å². The first-order chi connectivity index (χ1) is 18.0. The van der Waals surface area contributed by atoms with Crippen LogP contribution in [0.25, 0.3) is 0 Å². The minimum atomic E-state index is -1.02. The Kier molecular flexibility index (Phi) is 11.8. The van der Waals surface area contributed by atoms with Crippen LogP contribution in [0.3, 0.4) is 0 Å². The zero-order valence-corrected chi connectivity index (χ0v) is 21.7. The number of amides is 4. The number of carbonyl (C=O) groups is 5. The van der Waals surface area contributed by atoms with Gasteiger partial charge in [0.15, 0.2) is 0 Å². The molecule has 11 heteroatoms. The van der Waals surface area contributed by atoms with Gasteiger partial charge in [-0.25, -0.2) is 4.79 Å². The van der Waals surface area contributed by atoms with Gasteiger partial charge in [-0.3, -0.25) is 19.2 Å². The molecule has 0 aliphatic rings. The Bertz CT molecular complexity index is 1090. The molecule has 204 valence electrons. The summed E-state index contributed by atoms with van der Waals surface area (Å²) in [5.41, 5.74) is 0.862. The Morgan fingerprint density at radius 1 is 0.737 bits per heavy atom. The first-order valence-corrected chi connectivity index (χ1v) is 12.1. The number of hydrogen-bond donors (Lipinski definition) is 4. The number of ether oxygens (including phenoxy) is 2. The zero-order valence-electron chi connectivity index (χ0n) is 21.7. The molecule has 0 saturated heterocycles. The topological polar surface area (TPSA) is 152 Å². The summed E-state index contributed by atoms with van der Waals surface area (Å²) < 4.78 is 10.2. The van der Waals surface area contributed by atoms with Crippen LogP contribution in [0.1, 0.15) is 31.9 Å². The zero-order chi connectivity index (χ0) is 28.0. The van der Waals surface area contributed by atoms with Crippen LogP contribution in [0.15, 0.2) is 60.7 Å². The molecule has 0 radical (unpaired) electrons. The first-order valence-electron chi connectivity index (χ1n) is 12.1. The molecule has 0 spiro atoms. The Morgan fingerprint density at radius 2 is 1.32 bits per heavy atom. The molecule has 0 unspecified atom stereocenters. The van der Waals surface area contributed by atoms with Gasteiger partial charge < -0.3 is 30.7 Å². The van der Waals surface area contributed by atoms with Crippen LogP contribution in [0, 0.1) is 0 Å². The summed E-state index contributed by atoms with van der Waals surface area (Å²) in [6.45, 7) is 3.98. The van der Waals surface area contributed by atoms with Gasteiger partial charge in [-0.2, -0.15) is 0 Å². The maximum Gasteiger partial charge on any atom is 0.408 e. The standard InChI is InChI=1S/C27H34N4O7/c1-27(2,3)38-26(36)30-16-23(33)31-21(14-19-10-6-4-7-11-19)25(35)29-15-22(32)28-17-24(34)37-18-20-12-8-5-9-13-20/h4-13,21H,14-18H2,1-3H3,(H,28,32)(H,29,35)(H,30,36)(H,31,33)/t21-/m0/s1. The van der Waals surface area contributed by atoms with Crippen LogP contribution in [0.4, 0.5) is 4.79 Å². The molecule has 0 fully saturated rings. The fourth-order valence-corrected chi connectivity index (χ4v) is 3.08. The van der Waals surface area contributed by atoms with Crippen molar-refractivity contribution in [3.8, 4) is 0 Å². The Hall–Kier alpha value is -4.41. The van der Waals surface area contributed by atoms with Crippen molar-refractivity contribution in [1.82, 2.24) is 21.3 Å². The molecule has 4 amide bonds. The van der Waals surface area contributed by atoms with Crippen molar-refractivity contribution in [1.29, 1.82) is 0 Å². The molecule has 11 nitrogen and oxygen atoms in total. The van der Waals surface area contributed by atoms with Crippen LogP contribution in [-0.2, 0) is 41.7 Å². The van der Waals surface area contributed by atoms with Crippen molar-refractivity contribution in [2.24, 2.45) is 0 Å². The van der Waals surface area contributed by atoms with E-state index >= 15 is 0 Å². The van der Waals surface area contributed by atoms with Gasteiger partial charge >= 0.3 is 12.1 Å². The minimum absolute atomic E-state index is 0.0793. The Balaban J connectivity index is 1.83. The molecule has 0 aliphatic heterocycles. The molecule has 2 rings (SSSR count). The quantitative estimate of drug-likeness (QED) is 0.304. The highest BCUT2D eigenvalue weighted by Gasteiger charge is 2.23. The second-order valence-electron chi connectivity index (χ2n) is 9.31. The first kappa shape index (κ1) is 29.8. The average Bonchev–Trinajstić information content (AvgIpc) is 2.88. The predicted molar refractivity (Wildman–Crippen MR) is 139 cm³/mol. The highest BCUT2D eigenvalue weighted by Crippen LogP contribution is 2.06. The summed E-state index contributed by atoms with van der Waals surface area (Å²) in [5, 5.41) is 9.73. The molecule has 4 N–H and O–H groups in total. The lowest BCUT2D eigenvalue weighted by atomic mass is 10.1. The van der Waals surface area contributed by atoms with Crippen LogP contribution in [0.5, 0.6) is 0 Å². The van der Waals surface area contributed by atoms with Crippen molar-refractivity contribution >= 4 is 29.8 Å². The van der Waals surface area contributed by atoms with Gasteiger partial charge in [0.1, 0.15) is 31.3 Å². The number of alkyl carbamates (subject to hydrolysis) is 1. The summed E-state index contributed by atoms with van der Waals surface area (Å²) in [6, 6.07) is 17.1. The molecular formula is C27H34N4O7. The van der Waals surface area contributed by atoms with Gasteiger partial charge in [-0.05, 0) is 31.9 Å². The Morgan fingerprint density at radius 3 is 1.92 bits per heavy atom. The summed E-state index contributed by atoms with van der Waals surface area (Å²) in [6.07, 6.45) is -0.617. The average molecular weight is 527 g/mol. The van der Waals surface area contributed by atoms with Gasteiger partial charge in [0.25, 0.3) is 0 Å². The van der Waals surface area contributed by atoms with Gasteiger partial charge in [-0.1, -0.05) is 60.7 Å². The molecule has 0 heterocycles. The number of benzene rings is 2. The van der Waals surface area contributed by atoms with E-state index in [1.54, 1.807) is 57.2 Å². The number of hydrogen-bond acceptors (Lipinski definition) is 7. The van der Waals surface area contributed by atoms with Crippen molar-refractivity contribution < 1.29 is 33.4 Å². The molecule has 38 heavy (non-hydrogen) atoms. The molecule has 1 atom stereocenters. The number of esters is 1. The smallest absolute Gasteiger partial charge is 0.408 e. The molecule has 0 aliphatic carbocycles. The highest BCUT2D eigenvalue weighted by atomic mass is 16.6. The van der Waals surface area contributed by atoms with Crippen molar-refractivity contribution in [3.63, 3.8) is 0 Å². The second kappa shape index (κ2) is 15.0. The fraction of sp³-hybridized carbons (Fsp3) is 0.370. The fourth-order valence-electron chi connectivity index (χ4n) is 3.08. The molecule has 2 aromatic carbocycles. The summed E-state index contributed by atoms with van der Waals surface area (Å²) in [5.74, 6) is -2.45. The van der Waals surface area contributed by atoms with Gasteiger partial charge in [0.2, 0.25) is 17.7 Å². The summed E-state index contributed by atoms with van der Waals surface area (Å²) in [7, 11) is 0. The van der Waals surface area contributed by atoms with E-state index in [0.29, 0.717) is 0 Å². The maximum absolute atomic E-state index is 12.8. The van der Waals surface area contributed by atoms with E-state index in [4.69, 9.17) is 9.47 Å². The second-order valence-corrected chi connectivity index (χ2v) is 9.31. The lowest BCUT2D eigenvalue weighted by Gasteiger charge is -2.21. The lowest BCUT2D eigenvalue weighted by Crippen LogP contribution is -2.52. The van der Waals surface area contributed by atoms with Crippen LogP contribution in [-0.4, -0.2) is 61.1 Å². The maximum atomic E-state index is 12.8. The monoisotopic (exact) mass is 526 g/mol. The van der Waals surface area contributed by atoms with Gasteiger partial charge in [-0.15, -0.1) is 0 Å². The van der Waals surface area contributed by atoms with Crippen molar-refractivity contribution in [2.75, 3.05) is 19.6 Å². The summed E-state index contributed by atoms with van der Waals surface area (Å²) >= 11 is 0. The van der Waals surface area contributed by atoms with Gasteiger partial charge in [0, 0.05) is 6.42 Å². The van der Waals surface area contributed by atoms with E-state index in [1.807, 2.05) is 24.3 Å². The van der Waals surface area contributed by atoms with Crippen LogP contribution in [0.2, 0.25) is 0 Å². The number of rotatable bonds is 12. The SMILES string of the molecule is CC(C)(C)OC(=O)NCC(=O)N[C@@H](Cc1ccccc1)C(=O)NCC(=O)NCC(=O)OCc1ccccc1. The van der Waals surface area contributed by atoms with Crippen molar-refractivity contribution in [2.45, 2.75) is 45.4 Å².